The largest absolute Gasteiger partial charge is 0.463 e. The number of aryl methyl sites for hydroxylation is 1. The topological polar surface area (TPSA) is 150 Å². The van der Waals surface area contributed by atoms with Gasteiger partial charge in [-0.05, 0) is 18.0 Å². The maximum Gasteiger partial charge on any atom is 0.303 e. The molecule has 0 aliphatic carbocycles. The first-order chi connectivity index (χ1) is 17.7. The molecule has 0 aromatic carbocycles. The molecule has 0 spiro atoms. The lowest BCUT2D eigenvalue weighted by Gasteiger charge is -2.23. The molecular weight excluding hydrogens is 508 g/mol. The minimum Gasteiger partial charge on any atom is -0.463 e. The lowest BCUT2D eigenvalue weighted by Crippen LogP contribution is -2.40. The maximum atomic E-state index is 12.0. The van der Waals surface area contributed by atoms with Gasteiger partial charge in [0, 0.05) is 39.6 Å². The van der Waals surface area contributed by atoms with Crippen LogP contribution in [0.15, 0.2) is 18.7 Å². The Bertz CT molecular complexity index is 1310. The van der Waals surface area contributed by atoms with Crippen molar-refractivity contribution in [1.82, 2.24) is 29.1 Å². The number of fused-ring (bicyclic) bond motifs is 1. The molecule has 1 saturated heterocycles. The van der Waals surface area contributed by atoms with E-state index in [-0.39, 0.29) is 11.9 Å². The Morgan fingerprint density at radius 2 is 1.78 bits per heavy atom. The summed E-state index contributed by atoms with van der Waals surface area (Å²) in [7, 11) is 0. The van der Waals surface area contributed by atoms with Gasteiger partial charge in [0.2, 0.25) is 5.28 Å². The van der Waals surface area contributed by atoms with Gasteiger partial charge in [-0.3, -0.25) is 23.5 Å². The molecule has 1 fully saturated rings. The molecule has 0 bridgehead atoms. The molecule has 3 aromatic heterocycles. The van der Waals surface area contributed by atoms with Crippen molar-refractivity contribution in [2.24, 2.45) is 0 Å². The van der Waals surface area contributed by atoms with E-state index in [2.05, 4.69) is 26.9 Å². The van der Waals surface area contributed by atoms with Crippen LogP contribution in [-0.4, -0.2) is 71.9 Å². The molecule has 3 aromatic rings. The molecule has 4 atom stereocenters. The van der Waals surface area contributed by atoms with Crippen molar-refractivity contribution in [1.29, 1.82) is 0 Å². The third-order valence-corrected chi connectivity index (χ3v) is 5.86. The van der Waals surface area contributed by atoms with Crippen molar-refractivity contribution in [2.75, 3.05) is 6.61 Å². The summed E-state index contributed by atoms with van der Waals surface area (Å²) in [5.74, 6) is -0.581. The number of hydrogen-bond acceptors (Lipinski definition) is 11. The van der Waals surface area contributed by atoms with Gasteiger partial charge >= 0.3 is 17.9 Å². The van der Waals surface area contributed by atoms with Crippen molar-refractivity contribution in [3.05, 3.63) is 29.8 Å². The quantitative estimate of drug-likeness (QED) is 0.226. The van der Waals surface area contributed by atoms with E-state index >= 15 is 0 Å². The Labute approximate surface area is 217 Å². The fourth-order valence-electron chi connectivity index (χ4n) is 4.19. The Balaban J connectivity index is 1.79. The highest BCUT2D eigenvalue weighted by atomic mass is 35.5. The van der Waals surface area contributed by atoms with Gasteiger partial charge in [-0.25, -0.2) is 9.97 Å². The number of hydrogen-bond donors (Lipinski definition) is 0. The fourth-order valence-corrected chi connectivity index (χ4v) is 4.35. The number of nitrogens with zero attached hydrogens (tertiary/aromatic N) is 6. The van der Waals surface area contributed by atoms with Crippen LogP contribution < -0.4 is 0 Å². The van der Waals surface area contributed by atoms with E-state index in [1.807, 2.05) is 0 Å². The number of imidazole rings is 2. The predicted molar refractivity (Wildman–Crippen MR) is 128 cm³/mol. The van der Waals surface area contributed by atoms with Crippen molar-refractivity contribution < 1.29 is 33.3 Å². The maximum absolute atomic E-state index is 12.0. The number of esters is 3. The monoisotopic (exact) mass is 534 g/mol. The highest BCUT2D eigenvalue weighted by Crippen LogP contribution is 2.36. The zero-order valence-corrected chi connectivity index (χ0v) is 21.5. The first-order valence-electron chi connectivity index (χ1n) is 11.8. The zero-order chi connectivity index (χ0) is 26.7. The molecule has 0 amide bonds. The van der Waals surface area contributed by atoms with Crippen LogP contribution in [0.4, 0.5) is 0 Å². The zero-order valence-electron chi connectivity index (χ0n) is 20.8. The van der Waals surface area contributed by atoms with Gasteiger partial charge in [-0.1, -0.05) is 13.3 Å². The van der Waals surface area contributed by atoms with Crippen molar-refractivity contribution >= 4 is 40.7 Å². The van der Waals surface area contributed by atoms with Gasteiger partial charge < -0.3 is 18.9 Å². The van der Waals surface area contributed by atoms with Crippen LogP contribution in [0.3, 0.4) is 0 Å². The molecule has 0 N–H and O–H groups in total. The molecule has 198 valence electrons. The second kappa shape index (κ2) is 11.2. The molecule has 4 heterocycles. The lowest BCUT2D eigenvalue weighted by atomic mass is 10.1. The summed E-state index contributed by atoms with van der Waals surface area (Å²) in [4.78, 5) is 52.9. The minimum atomic E-state index is -1.09. The van der Waals surface area contributed by atoms with E-state index in [4.69, 9.17) is 30.5 Å². The van der Waals surface area contributed by atoms with E-state index in [1.54, 1.807) is 17.0 Å². The fraction of sp³-hybridized carbons (Fsp3) is 0.522. The molecule has 0 saturated carbocycles. The van der Waals surface area contributed by atoms with Crippen LogP contribution in [0, 0.1) is 0 Å². The van der Waals surface area contributed by atoms with E-state index in [9.17, 15) is 14.4 Å². The second-order valence-electron chi connectivity index (χ2n) is 8.47. The molecule has 14 heteroatoms. The highest BCUT2D eigenvalue weighted by molar-refractivity contribution is 6.28. The van der Waals surface area contributed by atoms with E-state index < -0.39 is 42.4 Å². The second-order valence-corrected chi connectivity index (χ2v) is 8.81. The molecule has 37 heavy (non-hydrogen) atoms. The smallest absolute Gasteiger partial charge is 0.303 e. The van der Waals surface area contributed by atoms with Crippen LogP contribution in [0.25, 0.3) is 17.0 Å². The number of halogens is 1. The standard InChI is InChI=1S/C23H27ClN6O7/c1-5-6-7-16-25-8-9-29(16)20-17-21(28-23(24)27-20)30(11-26-17)22-19(36-14(4)33)18(35-13(3)32)15(37-22)10-34-12(2)31/h8-9,11,15,18-19,22H,5-7,10H2,1-4H3/t15-,18-,19-,22-/m1/s1. The third kappa shape index (κ3) is 5.72. The van der Waals surface area contributed by atoms with Gasteiger partial charge in [-0.15, -0.1) is 0 Å². The summed E-state index contributed by atoms with van der Waals surface area (Å²) in [5, 5.41) is -0.0468. The summed E-state index contributed by atoms with van der Waals surface area (Å²) < 4.78 is 25.5. The van der Waals surface area contributed by atoms with Crippen LogP contribution >= 0.6 is 11.6 Å². The summed E-state index contributed by atoms with van der Waals surface area (Å²) in [6.45, 7) is 5.54. The Kier molecular flexibility index (Phi) is 8.03. The normalized spacial score (nSPS) is 21.2. The predicted octanol–water partition coefficient (Wildman–Crippen LogP) is 2.33. The van der Waals surface area contributed by atoms with Gasteiger partial charge in [0.15, 0.2) is 35.4 Å². The van der Waals surface area contributed by atoms with Crippen LogP contribution in [-0.2, 0) is 39.8 Å². The summed E-state index contributed by atoms with van der Waals surface area (Å²) in [5.41, 5.74) is 0.694. The molecule has 0 unspecified atom stereocenters. The molecular formula is C23H27ClN6O7. The van der Waals surface area contributed by atoms with Crippen LogP contribution in [0.2, 0.25) is 5.28 Å². The number of carbonyl (C=O) groups is 3. The van der Waals surface area contributed by atoms with Gasteiger partial charge in [0.1, 0.15) is 18.5 Å². The van der Waals surface area contributed by atoms with Crippen LogP contribution in [0.1, 0.15) is 52.6 Å². The Hall–Kier alpha value is -3.58. The number of aromatic nitrogens is 6. The van der Waals surface area contributed by atoms with Crippen LogP contribution in [0.5, 0.6) is 0 Å². The van der Waals surface area contributed by atoms with E-state index in [1.165, 1.54) is 31.7 Å². The number of rotatable bonds is 9. The van der Waals surface area contributed by atoms with Crippen molar-refractivity contribution in [2.45, 2.75) is 71.5 Å². The number of ether oxygens (including phenoxy) is 4. The summed E-state index contributed by atoms with van der Waals surface area (Å²) >= 11 is 6.31. The van der Waals surface area contributed by atoms with E-state index in [0.717, 1.165) is 25.1 Å². The summed E-state index contributed by atoms with van der Waals surface area (Å²) in [6, 6.07) is 0. The first kappa shape index (κ1) is 26.5. The number of carbonyl (C=O) groups excluding carboxylic acids is 3. The Morgan fingerprint density at radius 3 is 2.46 bits per heavy atom. The third-order valence-electron chi connectivity index (χ3n) is 5.69. The molecule has 0 radical (unpaired) electrons. The minimum absolute atomic E-state index is 0.0468. The lowest BCUT2D eigenvalue weighted by molar-refractivity contribution is -0.166. The molecule has 1 aliphatic heterocycles. The summed E-state index contributed by atoms with van der Waals surface area (Å²) in [6.07, 6.45) is 3.44. The highest BCUT2D eigenvalue weighted by Gasteiger charge is 2.51. The molecule has 1 aliphatic rings. The van der Waals surface area contributed by atoms with E-state index in [0.29, 0.717) is 17.0 Å². The average molecular weight is 535 g/mol. The Morgan fingerprint density at radius 1 is 1.05 bits per heavy atom. The van der Waals surface area contributed by atoms with Crippen molar-refractivity contribution in [3.8, 4) is 5.82 Å². The van der Waals surface area contributed by atoms with Gasteiger partial charge in [0.25, 0.3) is 0 Å². The van der Waals surface area contributed by atoms with Gasteiger partial charge in [0.05, 0.1) is 6.33 Å². The molecule has 4 rings (SSSR count). The average Bonchev–Trinajstić information content (AvgIpc) is 3.53. The first-order valence-corrected chi connectivity index (χ1v) is 12.1. The SMILES string of the molecule is CCCCc1nccn1-c1nc(Cl)nc2c1ncn2[C@@H]1O[C@H](COC(C)=O)[C@@H](OC(C)=O)[C@H]1OC(C)=O. The van der Waals surface area contributed by atoms with Gasteiger partial charge in [-0.2, -0.15) is 9.97 Å². The number of unbranched alkanes of at least 4 members (excludes halogenated alkanes) is 1. The van der Waals surface area contributed by atoms with Crippen molar-refractivity contribution in [3.63, 3.8) is 0 Å². The molecule has 13 nitrogen and oxygen atoms in total.